The molecule has 0 aliphatic heterocycles. The van der Waals surface area contributed by atoms with Crippen molar-refractivity contribution in [3.8, 4) is 67.5 Å². The third-order valence-electron chi connectivity index (χ3n) is 11.8. The summed E-state index contributed by atoms with van der Waals surface area (Å²) < 4.78 is 2.43. The first-order valence-electron chi connectivity index (χ1n) is 19.0. The zero-order chi connectivity index (χ0) is 36.8. The van der Waals surface area contributed by atoms with Gasteiger partial charge in [-0.05, 0) is 67.8 Å². The summed E-state index contributed by atoms with van der Waals surface area (Å²) in [5.74, 6) is 1.98. The summed E-state index contributed by atoms with van der Waals surface area (Å²) in [6.07, 6.45) is 0. The average Bonchev–Trinajstić information content (AvgIpc) is 3.91. The van der Waals surface area contributed by atoms with E-state index in [0.29, 0.717) is 17.5 Å². The van der Waals surface area contributed by atoms with Gasteiger partial charge in [0.2, 0.25) is 0 Å². The van der Waals surface area contributed by atoms with Gasteiger partial charge in [0.05, 0.1) is 5.41 Å². The SMILES string of the molecule is c1ccc(-c2nc(-c3ccc4c(c3)C3(c5ccccc5-c5ccccc53)c3ccccc3-4)nc(-c3cccc4c3sc3c(-c5ccccc5)cccc34)n2)cc1. The van der Waals surface area contributed by atoms with Crippen molar-refractivity contribution >= 4 is 31.5 Å². The summed E-state index contributed by atoms with van der Waals surface area (Å²) >= 11 is 1.82. The Balaban J connectivity index is 1.10. The Kier molecular flexibility index (Phi) is 6.72. The molecule has 4 heteroatoms. The molecule has 0 N–H and O–H groups in total. The van der Waals surface area contributed by atoms with Gasteiger partial charge in [-0.1, -0.05) is 176 Å². The second kappa shape index (κ2) is 12.0. The highest BCUT2D eigenvalue weighted by Gasteiger charge is 2.51. The molecule has 2 heterocycles. The molecular weight excluding hydrogens is 699 g/mol. The zero-order valence-electron chi connectivity index (χ0n) is 30.1. The fourth-order valence-corrected chi connectivity index (χ4v) is 10.8. The minimum absolute atomic E-state index is 0.452. The summed E-state index contributed by atoms with van der Waals surface area (Å²) in [5.41, 5.74) is 15.2. The molecule has 0 atom stereocenters. The highest BCUT2D eigenvalue weighted by Crippen LogP contribution is 2.63. The number of benzene rings is 8. The lowest BCUT2D eigenvalue weighted by molar-refractivity contribution is 0.794. The van der Waals surface area contributed by atoms with Crippen LogP contribution in [-0.4, -0.2) is 15.0 Å². The van der Waals surface area contributed by atoms with Crippen molar-refractivity contribution in [3.05, 3.63) is 210 Å². The molecule has 260 valence electrons. The zero-order valence-corrected chi connectivity index (χ0v) is 31.0. The van der Waals surface area contributed by atoms with E-state index in [1.807, 2.05) is 29.5 Å². The van der Waals surface area contributed by atoms with E-state index in [0.717, 1.165) is 16.7 Å². The Hall–Kier alpha value is -7.01. The summed E-state index contributed by atoms with van der Waals surface area (Å²) in [4.78, 5) is 15.8. The van der Waals surface area contributed by atoms with Gasteiger partial charge in [0.25, 0.3) is 0 Å². The van der Waals surface area contributed by atoms with E-state index in [1.165, 1.54) is 75.8 Å². The van der Waals surface area contributed by atoms with Crippen LogP contribution in [0.3, 0.4) is 0 Å². The van der Waals surface area contributed by atoms with Gasteiger partial charge in [0, 0.05) is 36.9 Å². The third kappa shape index (κ3) is 4.36. The topological polar surface area (TPSA) is 38.7 Å². The number of hydrogen-bond donors (Lipinski definition) is 0. The van der Waals surface area contributed by atoms with Crippen molar-refractivity contribution in [1.29, 1.82) is 0 Å². The van der Waals surface area contributed by atoms with Crippen LogP contribution in [0.1, 0.15) is 22.3 Å². The van der Waals surface area contributed by atoms with Crippen LogP contribution in [0.25, 0.3) is 87.7 Å². The number of fused-ring (bicyclic) bond motifs is 13. The van der Waals surface area contributed by atoms with Crippen LogP contribution >= 0.6 is 11.3 Å². The van der Waals surface area contributed by atoms with Crippen LogP contribution in [0.5, 0.6) is 0 Å². The Labute approximate surface area is 328 Å². The molecule has 0 saturated carbocycles. The molecule has 0 radical (unpaired) electrons. The molecule has 10 aromatic rings. The lowest BCUT2D eigenvalue weighted by atomic mass is 9.70. The molecule has 0 fully saturated rings. The van der Waals surface area contributed by atoms with Gasteiger partial charge in [-0.3, -0.25) is 0 Å². The smallest absolute Gasteiger partial charge is 0.165 e. The van der Waals surface area contributed by atoms with E-state index in [2.05, 4.69) is 170 Å². The van der Waals surface area contributed by atoms with E-state index >= 15 is 0 Å². The van der Waals surface area contributed by atoms with E-state index in [1.54, 1.807) is 0 Å². The molecule has 0 bridgehead atoms. The second-order valence-corrected chi connectivity index (χ2v) is 15.7. The van der Waals surface area contributed by atoms with E-state index in [-0.39, 0.29) is 0 Å². The van der Waals surface area contributed by atoms with Crippen molar-refractivity contribution in [1.82, 2.24) is 15.0 Å². The molecule has 3 nitrogen and oxygen atoms in total. The maximum Gasteiger partial charge on any atom is 0.165 e. The predicted octanol–water partition coefficient (Wildman–Crippen LogP) is 13.3. The summed E-state index contributed by atoms with van der Waals surface area (Å²) in [6.45, 7) is 0. The molecule has 2 aliphatic carbocycles. The van der Waals surface area contributed by atoms with Crippen LogP contribution in [0.15, 0.2) is 188 Å². The molecule has 2 aliphatic rings. The minimum atomic E-state index is -0.452. The van der Waals surface area contributed by atoms with Crippen LogP contribution in [0.2, 0.25) is 0 Å². The van der Waals surface area contributed by atoms with Crippen molar-refractivity contribution in [2.45, 2.75) is 5.41 Å². The first-order valence-corrected chi connectivity index (χ1v) is 19.8. The van der Waals surface area contributed by atoms with Gasteiger partial charge >= 0.3 is 0 Å². The number of rotatable bonds is 4. The number of hydrogen-bond acceptors (Lipinski definition) is 4. The van der Waals surface area contributed by atoms with Crippen molar-refractivity contribution in [3.63, 3.8) is 0 Å². The van der Waals surface area contributed by atoms with Gasteiger partial charge in [-0.15, -0.1) is 11.3 Å². The van der Waals surface area contributed by atoms with Gasteiger partial charge < -0.3 is 0 Å². The highest BCUT2D eigenvalue weighted by atomic mass is 32.1. The van der Waals surface area contributed by atoms with Gasteiger partial charge in [-0.2, -0.15) is 0 Å². The maximum absolute atomic E-state index is 5.36. The fraction of sp³-hybridized carbons (Fsp3) is 0.0192. The van der Waals surface area contributed by atoms with Gasteiger partial charge in [-0.25, -0.2) is 15.0 Å². The monoisotopic (exact) mass is 729 g/mol. The summed E-state index contributed by atoms with van der Waals surface area (Å²) in [6, 6.07) is 67.7. The van der Waals surface area contributed by atoms with Crippen molar-refractivity contribution in [2.24, 2.45) is 0 Å². The van der Waals surface area contributed by atoms with Gasteiger partial charge in [0.1, 0.15) is 0 Å². The Bertz CT molecular complexity index is 3140. The van der Waals surface area contributed by atoms with Crippen LogP contribution in [-0.2, 0) is 5.41 Å². The lowest BCUT2D eigenvalue weighted by Gasteiger charge is -2.30. The minimum Gasteiger partial charge on any atom is -0.208 e. The standard InChI is InChI=1S/C52H31N3S/c1-3-15-32(16-4-1)35-22-13-23-40-41-24-14-25-42(48(41)56-47(35)40)51-54-49(33-17-5-2-6-18-33)53-50(55-51)34-29-30-39-38-21-9-12-28-45(38)52(46(39)31-34)43-26-10-7-19-36(43)37-20-8-11-27-44(37)52/h1-31H. The lowest BCUT2D eigenvalue weighted by Crippen LogP contribution is -2.25. The largest absolute Gasteiger partial charge is 0.208 e. The first-order chi connectivity index (χ1) is 27.8. The van der Waals surface area contributed by atoms with E-state index in [4.69, 9.17) is 15.0 Å². The molecule has 12 rings (SSSR count). The van der Waals surface area contributed by atoms with Gasteiger partial charge in [0.15, 0.2) is 17.5 Å². The predicted molar refractivity (Wildman–Crippen MR) is 231 cm³/mol. The highest BCUT2D eigenvalue weighted by molar-refractivity contribution is 7.26. The van der Waals surface area contributed by atoms with Crippen LogP contribution < -0.4 is 0 Å². The van der Waals surface area contributed by atoms with E-state index in [9.17, 15) is 0 Å². The Morgan fingerprint density at radius 3 is 1.36 bits per heavy atom. The second-order valence-electron chi connectivity index (χ2n) is 14.7. The molecule has 0 saturated heterocycles. The first kappa shape index (κ1) is 31.4. The van der Waals surface area contributed by atoms with Crippen LogP contribution in [0, 0.1) is 0 Å². The number of thiophene rings is 1. The number of aromatic nitrogens is 3. The van der Waals surface area contributed by atoms with Crippen molar-refractivity contribution in [2.75, 3.05) is 0 Å². The third-order valence-corrected chi connectivity index (χ3v) is 13.1. The molecule has 0 amide bonds. The van der Waals surface area contributed by atoms with Crippen molar-refractivity contribution < 1.29 is 0 Å². The Morgan fingerprint density at radius 2 is 0.750 bits per heavy atom. The van der Waals surface area contributed by atoms with E-state index < -0.39 is 5.41 Å². The number of nitrogens with zero attached hydrogens (tertiary/aromatic N) is 3. The normalized spacial score (nSPS) is 13.1. The maximum atomic E-state index is 5.36. The molecule has 0 unspecified atom stereocenters. The molecule has 8 aromatic carbocycles. The fourth-order valence-electron chi connectivity index (χ4n) is 9.42. The molecule has 56 heavy (non-hydrogen) atoms. The average molecular weight is 730 g/mol. The Morgan fingerprint density at radius 1 is 0.304 bits per heavy atom. The quantitative estimate of drug-likeness (QED) is 0.181. The molecule has 2 aromatic heterocycles. The summed E-state index contributed by atoms with van der Waals surface area (Å²) in [5, 5.41) is 2.45. The molecule has 1 spiro atoms. The van der Waals surface area contributed by atoms with Crippen LogP contribution in [0.4, 0.5) is 0 Å². The molecular formula is C52H31N3S. The summed E-state index contributed by atoms with van der Waals surface area (Å²) in [7, 11) is 0.